The standard InChI is InChI=1S/C17H23Cl2N3O/c18-15-5-4-13(12-16(15)19)20-17(23)22-10-6-14(7-11-22)21-8-2-1-3-9-21/h4-5,12,14H,1-3,6-11H2,(H,20,23)/p+1. The average Bonchev–Trinajstić information content (AvgIpc) is 2.59. The van der Waals surface area contributed by atoms with E-state index in [4.69, 9.17) is 23.2 Å². The Labute approximate surface area is 147 Å². The Morgan fingerprint density at radius 2 is 1.78 bits per heavy atom. The molecule has 0 aliphatic carbocycles. The maximum atomic E-state index is 12.4. The normalized spacial score (nSPS) is 20.5. The van der Waals surface area contributed by atoms with E-state index in [9.17, 15) is 4.79 Å². The number of benzene rings is 1. The number of urea groups is 1. The van der Waals surface area contributed by atoms with Gasteiger partial charge in [-0.2, -0.15) is 0 Å². The molecule has 2 aliphatic rings. The van der Waals surface area contributed by atoms with Crippen molar-refractivity contribution in [3.63, 3.8) is 0 Å². The van der Waals surface area contributed by atoms with E-state index in [-0.39, 0.29) is 6.03 Å². The minimum Gasteiger partial charge on any atom is -0.332 e. The molecule has 23 heavy (non-hydrogen) atoms. The molecule has 2 aliphatic heterocycles. The zero-order chi connectivity index (χ0) is 16.2. The summed E-state index contributed by atoms with van der Waals surface area (Å²) < 4.78 is 0. The van der Waals surface area contributed by atoms with Crippen LogP contribution in [0, 0.1) is 0 Å². The Morgan fingerprint density at radius 3 is 2.43 bits per heavy atom. The SMILES string of the molecule is O=C(Nc1ccc(Cl)c(Cl)c1)N1CCC([NH+]2CCCCC2)CC1. The van der Waals surface area contributed by atoms with Crippen molar-refractivity contribution in [1.82, 2.24) is 4.90 Å². The highest BCUT2D eigenvalue weighted by Crippen LogP contribution is 2.25. The fourth-order valence-electron chi connectivity index (χ4n) is 3.68. The number of hydrogen-bond donors (Lipinski definition) is 2. The molecule has 0 spiro atoms. The molecular formula is C17H24Cl2N3O+. The number of amides is 2. The third-order valence-electron chi connectivity index (χ3n) is 5.03. The van der Waals surface area contributed by atoms with Crippen LogP contribution in [0.5, 0.6) is 0 Å². The summed E-state index contributed by atoms with van der Waals surface area (Å²) >= 11 is 11.9. The number of rotatable bonds is 2. The van der Waals surface area contributed by atoms with Gasteiger partial charge in [0.25, 0.3) is 0 Å². The number of anilines is 1. The van der Waals surface area contributed by atoms with Gasteiger partial charge in [-0.05, 0) is 37.5 Å². The molecule has 1 aromatic rings. The summed E-state index contributed by atoms with van der Waals surface area (Å²) in [4.78, 5) is 16.0. The number of nitrogens with one attached hydrogen (secondary N) is 2. The number of quaternary nitrogens is 1. The highest BCUT2D eigenvalue weighted by molar-refractivity contribution is 6.42. The van der Waals surface area contributed by atoms with Crippen LogP contribution in [0.4, 0.5) is 10.5 Å². The van der Waals surface area contributed by atoms with Gasteiger partial charge in [-0.15, -0.1) is 0 Å². The topological polar surface area (TPSA) is 36.8 Å². The zero-order valence-corrected chi connectivity index (χ0v) is 14.8. The van der Waals surface area contributed by atoms with Crippen molar-refractivity contribution in [2.45, 2.75) is 38.1 Å². The predicted octanol–water partition coefficient (Wildman–Crippen LogP) is 3.06. The molecule has 2 fully saturated rings. The van der Waals surface area contributed by atoms with Gasteiger partial charge in [0.05, 0.1) is 29.2 Å². The summed E-state index contributed by atoms with van der Waals surface area (Å²) in [5.74, 6) is 0. The molecule has 0 radical (unpaired) electrons. The lowest BCUT2D eigenvalue weighted by molar-refractivity contribution is -0.931. The molecule has 0 bridgehead atoms. The van der Waals surface area contributed by atoms with Crippen molar-refractivity contribution in [2.24, 2.45) is 0 Å². The van der Waals surface area contributed by atoms with E-state index < -0.39 is 0 Å². The molecule has 1 aromatic carbocycles. The summed E-state index contributed by atoms with van der Waals surface area (Å²) in [6.45, 7) is 4.28. The van der Waals surface area contributed by atoms with E-state index in [0.717, 1.165) is 32.0 Å². The first-order chi connectivity index (χ1) is 11.1. The van der Waals surface area contributed by atoms with Crippen LogP contribution in [0.15, 0.2) is 18.2 Å². The average molecular weight is 357 g/mol. The number of hydrogen-bond acceptors (Lipinski definition) is 1. The fourth-order valence-corrected chi connectivity index (χ4v) is 3.98. The minimum atomic E-state index is -0.0458. The number of piperidine rings is 2. The van der Waals surface area contributed by atoms with Gasteiger partial charge in [0.2, 0.25) is 0 Å². The number of carbonyl (C=O) groups excluding carboxylic acids is 1. The first kappa shape index (κ1) is 16.9. The van der Waals surface area contributed by atoms with Crippen LogP contribution < -0.4 is 10.2 Å². The molecule has 2 N–H and O–H groups in total. The third-order valence-corrected chi connectivity index (χ3v) is 5.77. The Balaban J connectivity index is 1.50. The second kappa shape index (κ2) is 7.73. The minimum absolute atomic E-state index is 0.0458. The summed E-state index contributed by atoms with van der Waals surface area (Å²) in [7, 11) is 0. The molecule has 0 aromatic heterocycles. The van der Waals surface area contributed by atoms with Crippen molar-refractivity contribution in [3.8, 4) is 0 Å². The summed E-state index contributed by atoms with van der Waals surface area (Å²) in [5, 5.41) is 3.86. The van der Waals surface area contributed by atoms with Crippen molar-refractivity contribution in [2.75, 3.05) is 31.5 Å². The van der Waals surface area contributed by atoms with Crippen LogP contribution in [0.25, 0.3) is 0 Å². The van der Waals surface area contributed by atoms with Crippen LogP contribution in [0.1, 0.15) is 32.1 Å². The quantitative estimate of drug-likeness (QED) is 0.839. The van der Waals surface area contributed by atoms with Crippen LogP contribution in [0.2, 0.25) is 10.0 Å². The molecule has 2 heterocycles. The van der Waals surface area contributed by atoms with Crippen LogP contribution >= 0.6 is 23.2 Å². The van der Waals surface area contributed by atoms with Gasteiger partial charge in [0, 0.05) is 31.6 Å². The number of likely N-dealkylation sites (tertiary alicyclic amines) is 2. The molecular weight excluding hydrogens is 333 g/mol. The van der Waals surface area contributed by atoms with E-state index in [1.54, 1.807) is 23.1 Å². The number of halogens is 2. The Morgan fingerprint density at radius 1 is 1.09 bits per heavy atom. The molecule has 4 nitrogen and oxygen atoms in total. The molecule has 2 saturated heterocycles. The monoisotopic (exact) mass is 356 g/mol. The molecule has 0 saturated carbocycles. The summed E-state index contributed by atoms with van der Waals surface area (Å²) in [6.07, 6.45) is 6.30. The van der Waals surface area contributed by atoms with Crippen molar-refractivity contribution < 1.29 is 9.69 Å². The van der Waals surface area contributed by atoms with E-state index >= 15 is 0 Å². The first-order valence-corrected chi connectivity index (χ1v) is 9.24. The lowest BCUT2D eigenvalue weighted by Crippen LogP contribution is -3.16. The smallest absolute Gasteiger partial charge is 0.321 e. The maximum Gasteiger partial charge on any atom is 0.321 e. The van der Waals surface area contributed by atoms with E-state index in [0.29, 0.717) is 15.7 Å². The predicted molar refractivity (Wildman–Crippen MR) is 94.6 cm³/mol. The van der Waals surface area contributed by atoms with Gasteiger partial charge >= 0.3 is 6.03 Å². The van der Waals surface area contributed by atoms with Gasteiger partial charge in [0.15, 0.2) is 0 Å². The lowest BCUT2D eigenvalue weighted by atomic mass is 10.0. The van der Waals surface area contributed by atoms with Crippen LogP contribution in [-0.2, 0) is 0 Å². The maximum absolute atomic E-state index is 12.4. The van der Waals surface area contributed by atoms with E-state index in [2.05, 4.69) is 5.32 Å². The number of carbonyl (C=O) groups is 1. The Kier molecular flexibility index (Phi) is 5.67. The Bertz CT molecular complexity index is 553. The first-order valence-electron chi connectivity index (χ1n) is 8.49. The molecule has 6 heteroatoms. The fraction of sp³-hybridized carbons (Fsp3) is 0.588. The molecule has 126 valence electrons. The molecule has 0 unspecified atom stereocenters. The van der Waals surface area contributed by atoms with E-state index in [1.165, 1.54) is 32.4 Å². The van der Waals surface area contributed by atoms with Crippen molar-refractivity contribution in [3.05, 3.63) is 28.2 Å². The Hall–Kier alpha value is -0.970. The lowest BCUT2D eigenvalue weighted by Gasteiger charge is -2.37. The highest BCUT2D eigenvalue weighted by Gasteiger charge is 2.30. The molecule has 3 rings (SSSR count). The van der Waals surface area contributed by atoms with E-state index in [1.807, 2.05) is 4.90 Å². The van der Waals surface area contributed by atoms with Gasteiger partial charge < -0.3 is 15.1 Å². The van der Waals surface area contributed by atoms with Crippen molar-refractivity contribution >= 4 is 34.9 Å². The second-order valence-electron chi connectivity index (χ2n) is 6.54. The summed E-state index contributed by atoms with van der Waals surface area (Å²) in [6, 6.07) is 5.84. The second-order valence-corrected chi connectivity index (χ2v) is 7.35. The van der Waals surface area contributed by atoms with Crippen LogP contribution in [0.3, 0.4) is 0 Å². The van der Waals surface area contributed by atoms with Gasteiger partial charge in [0.1, 0.15) is 0 Å². The molecule has 2 amide bonds. The van der Waals surface area contributed by atoms with Gasteiger partial charge in [-0.1, -0.05) is 23.2 Å². The highest BCUT2D eigenvalue weighted by atomic mass is 35.5. The zero-order valence-electron chi connectivity index (χ0n) is 13.3. The van der Waals surface area contributed by atoms with Gasteiger partial charge in [-0.3, -0.25) is 0 Å². The third kappa shape index (κ3) is 4.31. The molecule has 0 atom stereocenters. The number of nitrogens with zero attached hydrogens (tertiary/aromatic N) is 1. The van der Waals surface area contributed by atoms with Gasteiger partial charge in [-0.25, -0.2) is 4.79 Å². The van der Waals surface area contributed by atoms with Crippen molar-refractivity contribution in [1.29, 1.82) is 0 Å². The summed E-state index contributed by atoms with van der Waals surface area (Å²) in [5.41, 5.74) is 0.688. The largest absolute Gasteiger partial charge is 0.332 e. The van der Waals surface area contributed by atoms with Crippen LogP contribution in [-0.4, -0.2) is 43.2 Å².